The van der Waals surface area contributed by atoms with E-state index in [1.807, 2.05) is 6.07 Å². The van der Waals surface area contributed by atoms with E-state index in [9.17, 15) is 0 Å². The van der Waals surface area contributed by atoms with Crippen LogP contribution in [0, 0.1) is 0 Å². The summed E-state index contributed by atoms with van der Waals surface area (Å²) in [5, 5.41) is 9.16. The molecule has 0 bridgehead atoms. The minimum atomic E-state index is 0.211. The third-order valence-electron chi connectivity index (χ3n) is 2.31. The number of nitrogens with zero attached hydrogens (tertiary/aromatic N) is 2. The molecule has 0 radical (unpaired) electrons. The lowest BCUT2D eigenvalue weighted by molar-refractivity contribution is 0.451. The Morgan fingerprint density at radius 1 is 1.12 bits per heavy atom. The molecule has 88 valence electrons. The standard InChI is InChI=1S/C13H14N2O2/c1-9(2)12-7-13(15-8-14-12)17-11-5-3-10(16)4-6-11/h3-9,16H,1-2H3. The van der Waals surface area contributed by atoms with Gasteiger partial charge in [0.2, 0.25) is 5.88 Å². The highest BCUT2D eigenvalue weighted by atomic mass is 16.5. The number of aromatic nitrogens is 2. The molecule has 0 aliphatic rings. The first-order chi connectivity index (χ1) is 8.15. The van der Waals surface area contributed by atoms with E-state index in [0.717, 1.165) is 5.69 Å². The highest BCUT2D eigenvalue weighted by Gasteiger charge is 2.04. The molecule has 2 aromatic rings. The van der Waals surface area contributed by atoms with Crippen molar-refractivity contribution in [2.45, 2.75) is 19.8 Å². The van der Waals surface area contributed by atoms with E-state index >= 15 is 0 Å². The van der Waals surface area contributed by atoms with Crippen molar-refractivity contribution in [3.8, 4) is 17.4 Å². The van der Waals surface area contributed by atoms with Gasteiger partial charge in [0.25, 0.3) is 0 Å². The Hall–Kier alpha value is -2.10. The van der Waals surface area contributed by atoms with Crippen LogP contribution in [-0.4, -0.2) is 15.1 Å². The number of benzene rings is 1. The van der Waals surface area contributed by atoms with Crippen LogP contribution in [0.2, 0.25) is 0 Å². The topological polar surface area (TPSA) is 55.2 Å². The van der Waals surface area contributed by atoms with E-state index in [0.29, 0.717) is 17.5 Å². The fourth-order valence-electron chi connectivity index (χ4n) is 1.36. The molecule has 0 amide bonds. The molecule has 0 aliphatic carbocycles. The Bertz CT molecular complexity index is 495. The van der Waals surface area contributed by atoms with E-state index in [4.69, 9.17) is 9.84 Å². The van der Waals surface area contributed by atoms with Crippen LogP contribution in [0.3, 0.4) is 0 Å². The third kappa shape index (κ3) is 2.93. The lowest BCUT2D eigenvalue weighted by Crippen LogP contribution is -1.95. The fraction of sp³-hybridized carbons (Fsp3) is 0.231. The van der Waals surface area contributed by atoms with Gasteiger partial charge < -0.3 is 9.84 Å². The summed E-state index contributed by atoms with van der Waals surface area (Å²) in [5.74, 6) is 1.69. The fourth-order valence-corrected chi connectivity index (χ4v) is 1.36. The Morgan fingerprint density at radius 2 is 1.82 bits per heavy atom. The number of aromatic hydroxyl groups is 1. The summed E-state index contributed by atoms with van der Waals surface area (Å²) < 4.78 is 5.56. The van der Waals surface area contributed by atoms with Crippen LogP contribution in [0.4, 0.5) is 0 Å². The van der Waals surface area contributed by atoms with Crippen molar-refractivity contribution in [2.24, 2.45) is 0 Å². The Morgan fingerprint density at radius 3 is 2.47 bits per heavy atom. The predicted octanol–water partition coefficient (Wildman–Crippen LogP) is 3.10. The van der Waals surface area contributed by atoms with Gasteiger partial charge in [0.1, 0.15) is 17.8 Å². The molecular weight excluding hydrogens is 216 g/mol. The van der Waals surface area contributed by atoms with Crippen LogP contribution in [0.1, 0.15) is 25.5 Å². The second-order valence-electron chi connectivity index (χ2n) is 4.03. The maximum absolute atomic E-state index is 9.16. The third-order valence-corrected chi connectivity index (χ3v) is 2.31. The van der Waals surface area contributed by atoms with Crippen LogP contribution < -0.4 is 4.74 Å². The second-order valence-corrected chi connectivity index (χ2v) is 4.03. The molecule has 17 heavy (non-hydrogen) atoms. The molecule has 1 heterocycles. The number of phenols is 1. The summed E-state index contributed by atoms with van der Waals surface area (Å²) in [5.41, 5.74) is 0.939. The maximum atomic E-state index is 9.16. The molecule has 1 N–H and O–H groups in total. The van der Waals surface area contributed by atoms with Gasteiger partial charge in [-0.2, -0.15) is 0 Å². The normalized spacial score (nSPS) is 10.5. The van der Waals surface area contributed by atoms with Gasteiger partial charge >= 0.3 is 0 Å². The number of hydrogen-bond donors (Lipinski definition) is 1. The van der Waals surface area contributed by atoms with Gasteiger partial charge in [-0.1, -0.05) is 13.8 Å². The van der Waals surface area contributed by atoms with Crippen molar-refractivity contribution >= 4 is 0 Å². The van der Waals surface area contributed by atoms with E-state index in [-0.39, 0.29) is 5.75 Å². The minimum Gasteiger partial charge on any atom is -0.508 e. The van der Waals surface area contributed by atoms with Crippen LogP contribution in [0.5, 0.6) is 17.4 Å². The molecule has 0 saturated heterocycles. The lowest BCUT2D eigenvalue weighted by Gasteiger charge is -2.07. The molecule has 0 saturated carbocycles. The van der Waals surface area contributed by atoms with E-state index in [2.05, 4.69) is 23.8 Å². The van der Waals surface area contributed by atoms with Gasteiger partial charge in [-0.25, -0.2) is 9.97 Å². The molecule has 0 spiro atoms. The van der Waals surface area contributed by atoms with E-state index in [1.54, 1.807) is 24.3 Å². The van der Waals surface area contributed by atoms with Gasteiger partial charge in [-0.05, 0) is 30.2 Å². The zero-order valence-electron chi connectivity index (χ0n) is 9.79. The van der Waals surface area contributed by atoms with Crippen molar-refractivity contribution < 1.29 is 9.84 Å². The highest BCUT2D eigenvalue weighted by Crippen LogP contribution is 2.23. The van der Waals surface area contributed by atoms with Crippen LogP contribution in [0.25, 0.3) is 0 Å². The van der Waals surface area contributed by atoms with E-state index in [1.165, 1.54) is 6.33 Å². The molecule has 0 unspecified atom stereocenters. The van der Waals surface area contributed by atoms with Crippen molar-refractivity contribution in [1.82, 2.24) is 9.97 Å². The molecule has 1 aromatic heterocycles. The maximum Gasteiger partial charge on any atom is 0.222 e. The molecular formula is C13H14N2O2. The first-order valence-electron chi connectivity index (χ1n) is 5.44. The molecule has 0 atom stereocenters. The van der Waals surface area contributed by atoms with Gasteiger partial charge in [-0.3, -0.25) is 0 Å². The Balaban J connectivity index is 2.18. The van der Waals surface area contributed by atoms with Gasteiger partial charge in [0.05, 0.1) is 5.69 Å². The summed E-state index contributed by atoms with van der Waals surface area (Å²) in [4.78, 5) is 8.21. The monoisotopic (exact) mass is 230 g/mol. The molecule has 0 fully saturated rings. The van der Waals surface area contributed by atoms with Crippen molar-refractivity contribution in [1.29, 1.82) is 0 Å². The van der Waals surface area contributed by atoms with Gasteiger partial charge in [0.15, 0.2) is 0 Å². The first-order valence-corrected chi connectivity index (χ1v) is 5.44. The van der Waals surface area contributed by atoms with Crippen LogP contribution in [0.15, 0.2) is 36.7 Å². The zero-order valence-corrected chi connectivity index (χ0v) is 9.79. The number of hydrogen-bond acceptors (Lipinski definition) is 4. The first kappa shape index (κ1) is 11.4. The largest absolute Gasteiger partial charge is 0.508 e. The van der Waals surface area contributed by atoms with Crippen molar-refractivity contribution in [3.05, 3.63) is 42.4 Å². The predicted molar refractivity (Wildman–Crippen MR) is 64.3 cm³/mol. The van der Waals surface area contributed by atoms with Crippen molar-refractivity contribution in [3.63, 3.8) is 0 Å². The minimum absolute atomic E-state index is 0.211. The quantitative estimate of drug-likeness (QED) is 0.880. The smallest absolute Gasteiger partial charge is 0.222 e. The lowest BCUT2D eigenvalue weighted by atomic mass is 10.1. The number of rotatable bonds is 3. The molecule has 1 aromatic carbocycles. The number of ether oxygens (including phenoxy) is 1. The average molecular weight is 230 g/mol. The summed E-state index contributed by atoms with van der Waals surface area (Å²) in [7, 11) is 0. The Labute approximate surface area is 99.9 Å². The summed E-state index contributed by atoms with van der Waals surface area (Å²) in [6.07, 6.45) is 1.49. The summed E-state index contributed by atoms with van der Waals surface area (Å²) in [6.45, 7) is 4.12. The SMILES string of the molecule is CC(C)c1cc(Oc2ccc(O)cc2)ncn1. The summed E-state index contributed by atoms with van der Waals surface area (Å²) >= 11 is 0. The van der Waals surface area contributed by atoms with E-state index < -0.39 is 0 Å². The molecule has 0 aliphatic heterocycles. The highest BCUT2D eigenvalue weighted by molar-refractivity contribution is 5.32. The van der Waals surface area contributed by atoms with Crippen LogP contribution in [-0.2, 0) is 0 Å². The average Bonchev–Trinajstić information content (AvgIpc) is 2.32. The Kier molecular flexibility index (Phi) is 3.23. The summed E-state index contributed by atoms with van der Waals surface area (Å²) in [6, 6.07) is 8.33. The zero-order chi connectivity index (χ0) is 12.3. The molecule has 4 heteroatoms. The second kappa shape index (κ2) is 4.82. The van der Waals surface area contributed by atoms with Crippen molar-refractivity contribution in [2.75, 3.05) is 0 Å². The van der Waals surface area contributed by atoms with Gasteiger partial charge in [-0.15, -0.1) is 0 Å². The molecule has 4 nitrogen and oxygen atoms in total. The molecule has 2 rings (SSSR count). The number of phenolic OH excluding ortho intramolecular Hbond substituents is 1. The van der Waals surface area contributed by atoms with Crippen LogP contribution >= 0.6 is 0 Å². The van der Waals surface area contributed by atoms with Gasteiger partial charge in [0, 0.05) is 6.07 Å².